The number of ether oxygens (including phenoxy) is 2. The first-order valence-electron chi connectivity index (χ1n) is 7.61. The lowest BCUT2D eigenvalue weighted by atomic mass is 10.2. The maximum atomic E-state index is 13.1. The molecule has 0 atom stereocenters. The lowest BCUT2D eigenvalue weighted by Crippen LogP contribution is -2.22. The third-order valence-electron chi connectivity index (χ3n) is 3.40. The molecule has 0 aliphatic rings. The predicted octanol–water partition coefficient (Wildman–Crippen LogP) is 1.54. The van der Waals surface area contributed by atoms with Gasteiger partial charge in [-0.1, -0.05) is 6.07 Å². The van der Waals surface area contributed by atoms with Crippen LogP contribution in [0.3, 0.4) is 0 Å². The summed E-state index contributed by atoms with van der Waals surface area (Å²) < 4.78 is 49.1. The van der Waals surface area contributed by atoms with Crippen LogP contribution in [0.25, 0.3) is 0 Å². The van der Waals surface area contributed by atoms with Crippen LogP contribution in [0.1, 0.15) is 10.4 Å². The summed E-state index contributed by atoms with van der Waals surface area (Å²) in [7, 11) is -1.36. The summed E-state index contributed by atoms with van der Waals surface area (Å²) in [5.41, 5.74) is 0.131. The number of carbonyl (C=O) groups excluding carboxylic acids is 2. The second-order valence-corrected chi connectivity index (χ2v) is 7.06. The number of methoxy groups -OCH3 is 1. The predicted molar refractivity (Wildman–Crippen MR) is 94.6 cm³/mol. The van der Waals surface area contributed by atoms with Crippen molar-refractivity contribution in [1.29, 1.82) is 0 Å². The minimum atomic E-state index is -3.87. The Hall–Kier alpha value is -2.98. The first-order valence-corrected chi connectivity index (χ1v) is 9.09. The Morgan fingerprint density at radius 2 is 1.89 bits per heavy atom. The number of carbonyl (C=O) groups is 2. The van der Waals surface area contributed by atoms with Gasteiger partial charge in [0.25, 0.3) is 5.91 Å². The van der Waals surface area contributed by atoms with Crippen molar-refractivity contribution in [2.45, 2.75) is 4.90 Å². The van der Waals surface area contributed by atoms with Gasteiger partial charge in [-0.2, -0.15) is 0 Å². The van der Waals surface area contributed by atoms with E-state index in [1.54, 1.807) is 0 Å². The largest absolute Gasteiger partial charge is 0.495 e. The highest BCUT2D eigenvalue weighted by Gasteiger charge is 2.21. The Labute approximate surface area is 155 Å². The number of anilines is 1. The van der Waals surface area contributed by atoms with Gasteiger partial charge in [-0.05, 0) is 43.4 Å². The first kappa shape index (κ1) is 20.3. The lowest BCUT2D eigenvalue weighted by Gasteiger charge is -2.11. The Kier molecular flexibility index (Phi) is 6.48. The maximum absolute atomic E-state index is 13.1. The Morgan fingerprint density at radius 3 is 2.52 bits per heavy atom. The fraction of sp³-hybridized carbons (Fsp3) is 0.176. The third-order valence-corrected chi connectivity index (χ3v) is 4.84. The molecule has 0 spiro atoms. The van der Waals surface area contributed by atoms with Crippen LogP contribution in [0.15, 0.2) is 47.4 Å². The van der Waals surface area contributed by atoms with Gasteiger partial charge in [-0.15, -0.1) is 0 Å². The minimum Gasteiger partial charge on any atom is -0.495 e. The Morgan fingerprint density at radius 1 is 1.15 bits per heavy atom. The smallest absolute Gasteiger partial charge is 0.338 e. The highest BCUT2D eigenvalue weighted by molar-refractivity contribution is 7.89. The van der Waals surface area contributed by atoms with E-state index in [2.05, 4.69) is 10.0 Å². The molecule has 8 nitrogen and oxygen atoms in total. The molecule has 144 valence electrons. The van der Waals surface area contributed by atoms with Crippen molar-refractivity contribution >= 4 is 27.6 Å². The standard InChI is InChI=1S/C17H17FN2O6S/c1-19-27(23,24)15-8-11(6-7-14(15)25-2)17(22)26-10-16(21)20-13-5-3-4-12(18)9-13/h3-9,19H,10H2,1-2H3,(H,20,21). The van der Waals surface area contributed by atoms with Crippen molar-refractivity contribution in [3.05, 3.63) is 53.8 Å². The van der Waals surface area contributed by atoms with Gasteiger partial charge in [-0.3, -0.25) is 4.79 Å². The maximum Gasteiger partial charge on any atom is 0.338 e. The van der Waals surface area contributed by atoms with Crippen LogP contribution in [0, 0.1) is 5.82 Å². The monoisotopic (exact) mass is 396 g/mol. The molecule has 0 aromatic heterocycles. The molecule has 0 saturated carbocycles. The van der Waals surface area contributed by atoms with Crippen LogP contribution in [0.5, 0.6) is 5.75 Å². The van der Waals surface area contributed by atoms with Gasteiger partial charge in [0.15, 0.2) is 6.61 Å². The molecule has 1 amide bonds. The number of halogens is 1. The van der Waals surface area contributed by atoms with Crippen molar-refractivity contribution in [2.24, 2.45) is 0 Å². The fourth-order valence-electron chi connectivity index (χ4n) is 2.10. The van der Waals surface area contributed by atoms with E-state index in [9.17, 15) is 22.4 Å². The van der Waals surface area contributed by atoms with Crippen molar-refractivity contribution in [3.63, 3.8) is 0 Å². The molecule has 0 saturated heterocycles. The van der Waals surface area contributed by atoms with Crippen LogP contribution in [-0.2, 0) is 19.6 Å². The fourth-order valence-corrected chi connectivity index (χ4v) is 3.02. The molecule has 2 aromatic rings. The number of amides is 1. The van der Waals surface area contributed by atoms with E-state index < -0.39 is 34.3 Å². The normalized spacial score (nSPS) is 10.9. The van der Waals surface area contributed by atoms with Gasteiger partial charge < -0.3 is 14.8 Å². The summed E-state index contributed by atoms with van der Waals surface area (Å²) in [4.78, 5) is 23.7. The lowest BCUT2D eigenvalue weighted by molar-refractivity contribution is -0.119. The Bertz CT molecular complexity index is 962. The number of nitrogens with one attached hydrogen (secondary N) is 2. The van der Waals surface area contributed by atoms with E-state index in [0.29, 0.717) is 0 Å². The van der Waals surface area contributed by atoms with Crippen molar-refractivity contribution < 1.29 is 31.9 Å². The molecule has 0 aliphatic heterocycles. The van der Waals surface area contributed by atoms with Gasteiger partial charge in [0.1, 0.15) is 16.5 Å². The zero-order chi connectivity index (χ0) is 20.0. The van der Waals surface area contributed by atoms with E-state index in [-0.39, 0.29) is 21.9 Å². The minimum absolute atomic E-state index is 0.0461. The SMILES string of the molecule is CNS(=O)(=O)c1cc(C(=O)OCC(=O)Nc2cccc(F)c2)ccc1OC. The van der Waals surface area contributed by atoms with Crippen molar-refractivity contribution in [3.8, 4) is 5.75 Å². The molecule has 10 heteroatoms. The summed E-state index contributed by atoms with van der Waals surface area (Å²) in [5.74, 6) is -2.06. The topological polar surface area (TPSA) is 111 Å². The molecule has 2 rings (SSSR count). The summed E-state index contributed by atoms with van der Waals surface area (Å²) in [6.45, 7) is -0.629. The van der Waals surface area contributed by atoms with Gasteiger partial charge in [0, 0.05) is 5.69 Å². The van der Waals surface area contributed by atoms with E-state index in [0.717, 1.165) is 12.1 Å². The number of rotatable bonds is 7. The molecule has 0 fully saturated rings. The number of benzene rings is 2. The van der Waals surface area contributed by atoms with Gasteiger partial charge >= 0.3 is 5.97 Å². The molecule has 0 bridgehead atoms. The molecule has 0 heterocycles. The van der Waals surface area contributed by atoms with Crippen LogP contribution in [-0.4, -0.2) is 41.1 Å². The average Bonchev–Trinajstić information content (AvgIpc) is 2.65. The molecular formula is C17H17FN2O6S. The van der Waals surface area contributed by atoms with Gasteiger partial charge in [-0.25, -0.2) is 22.3 Å². The van der Waals surface area contributed by atoms with Crippen LogP contribution in [0.4, 0.5) is 10.1 Å². The summed E-state index contributed by atoms with van der Waals surface area (Å²) in [6.07, 6.45) is 0. The molecule has 0 unspecified atom stereocenters. The molecule has 0 radical (unpaired) electrons. The quantitative estimate of drug-likeness (QED) is 0.687. The van der Waals surface area contributed by atoms with Gasteiger partial charge in [0.05, 0.1) is 12.7 Å². The van der Waals surface area contributed by atoms with E-state index in [1.807, 2.05) is 0 Å². The van der Waals surface area contributed by atoms with Crippen molar-refractivity contribution in [1.82, 2.24) is 4.72 Å². The van der Waals surface area contributed by atoms with E-state index in [1.165, 1.54) is 44.5 Å². The third kappa shape index (κ3) is 5.25. The van der Waals surface area contributed by atoms with Crippen LogP contribution < -0.4 is 14.8 Å². The number of sulfonamides is 1. The molecule has 2 aromatic carbocycles. The van der Waals surface area contributed by atoms with E-state index >= 15 is 0 Å². The number of esters is 1. The number of hydrogen-bond donors (Lipinski definition) is 2. The van der Waals surface area contributed by atoms with Crippen LogP contribution in [0.2, 0.25) is 0 Å². The molecule has 27 heavy (non-hydrogen) atoms. The Balaban J connectivity index is 2.07. The average molecular weight is 396 g/mol. The van der Waals surface area contributed by atoms with Crippen molar-refractivity contribution in [2.75, 3.05) is 26.1 Å². The summed E-state index contributed by atoms with van der Waals surface area (Å²) >= 11 is 0. The highest BCUT2D eigenvalue weighted by atomic mass is 32.2. The molecule has 0 aliphatic carbocycles. The van der Waals surface area contributed by atoms with Crippen LogP contribution >= 0.6 is 0 Å². The first-order chi connectivity index (χ1) is 12.8. The van der Waals surface area contributed by atoms with E-state index in [4.69, 9.17) is 9.47 Å². The molecule has 2 N–H and O–H groups in total. The number of hydrogen-bond acceptors (Lipinski definition) is 6. The summed E-state index contributed by atoms with van der Waals surface area (Å²) in [5, 5.41) is 2.37. The summed E-state index contributed by atoms with van der Waals surface area (Å²) in [6, 6.07) is 8.90. The second-order valence-electron chi connectivity index (χ2n) is 5.21. The highest BCUT2D eigenvalue weighted by Crippen LogP contribution is 2.25. The zero-order valence-corrected chi connectivity index (χ0v) is 15.3. The molecular weight excluding hydrogens is 379 g/mol. The van der Waals surface area contributed by atoms with Gasteiger partial charge in [0.2, 0.25) is 10.0 Å². The second kappa shape index (κ2) is 8.60. The zero-order valence-electron chi connectivity index (χ0n) is 14.5.